The molecule has 0 aromatic heterocycles. The minimum Gasteiger partial charge on any atom is -0.300 e. The van der Waals surface area contributed by atoms with Gasteiger partial charge in [-0.15, -0.1) is 0 Å². The second kappa shape index (κ2) is 13.1. The van der Waals surface area contributed by atoms with Gasteiger partial charge in [0.1, 0.15) is 0 Å². The first-order valence-corrected chi connectivity index (χ1v) is 11.4. The zero-order chi connectivity index (χ0) is 21.1. The first-order chi connectivity index (χ1) is 14.1. The molecule has 2 rings (SSSR count). The Labute approximate surface area is 186 Å². The zero-order valence-electron chi connectivity index (χ0n) is 17.7. The Morgan fingerprint density at radius 1 is 1.00 bits per heavy atom. The molecule has 0 saturated heterocycles. The largest absolute Gasteiger partial charge is 0.300 e. The van der Waals surface area contributed by atoms with E-state index in [9.17, 15) is 0 Å². The monoisotopic (exact) mass is 431 g/mol. The summed E-state index contributed by atoms with van der Waals surface area (Å²) in [4.78, 5) is 7.17. The first kappa shape index (κ1) is 23.9. The van der Waals surface area contributed by atoms with Gasteiger partial charge in [-0.2, -0.15) is 0 Å². The fraction of sp³-hybridized carbons (Fsp3) is 0.440. The van der Waals surface area contributed by atoms with Crippen LogP contribution in [0, 0.1) is 6.92 Å². The molecule has 0 spiro atoms. The van der Waals surface area contributed by atoms with E-state index in [-0.39, 0.29) is 0 Å². The Bertz CT molecular complexity index is 750. The number of hydrogen-bond donors (Lipinski definition) is 0. The summed E-state index contributed by atoms with van der Waals surface area (Å²) in [6.45, 7) is 11.6. The van der Waals surface area contributed by atoms with Crippen molar-refractivity contribution in [2.24, 2.45) is 4.99 Å². The number of benzene rings is 2. The lowest BCUT2D eigenvalue weighted by Crippen LogP contribution is -2.38. The summed E-state index contributed by atoms with van der Waals surface area (Å²) < 4.78 is 0. The maximum Gasteiger partial charge on any atom is 0.0639 e. The molecule has 4 heteroatoms. The maximum atomic E-state index is 6.19. The molecule has 0 heterocycles. The quantitative estimate of drug-likeness (QED) is 0.322. The summed E-state index contributed by atoms with van der Waals surface area (Å²) >= 11 is 12.1. The SMILES string of the molecule is [CH2]CCC(Cc1ccc(CN=Cc2ccc(Cl)cc2Cl)cc1)N(CCC)CCC. The van der Waals surface area contributed by atoms with Crippen molar-refractivity contribution in [3.63, 3.8) is 0 Å². The van der Waals surface area contributed by atoms with Crippen LogP contribution in [0.15, 0.2) is 47.5 Å². The van der Waals surface area contributed by atoms with E-state index >= 15 is 0 Å². The van der Waals surface area contributed by atoms with Crippen LogP contribution in [0.2, 0.25) is 10.0 Å². The van der Waals surface area contributed by atoms with E-state index in [0.717, 1.165) is 24.8 Å². The average molecular weight is 432 g/mol. The third-order valence-corrected chi connectivity index (χ3v) is 5.60. The molecule has 0 aliphatic heterocycles. The van der Waals surface area contributed by atoms with E-state index in [1.165, 1.54) is 37.1 Å². The lowest BCUT2D eigenvalue weighted by atomic mass is 9.99. The normalized spacial score (nSPS) is 12.8. The van der Waals surface area contributed by atoms with Gasteiger partial charge in [0.15, 0.2) is 0 Å². The van der Waals surface area contributed by atoms with Gasteiger partial charge in [0, 0.05) is 22.8 Å². The molecule has 2 aromatic carbocycles. The van der Waals surface area contributed by atoms with Gasteiger partial charge in [0.25, 0.3) is 0 Å². The van der Waals surface area contributed by atoms with Crippen LogP contribution in [0.25, 0.3) is 0 Å². The molecule has 0 bridgehead atoms. The molecule has 1 atom stereocenters. The fourth-order valence-electron chi connectivity index (χ4n) is 3.61. The molecule has 157 valence electrons. The summed E-state index contributed by atoms with van der Waals surface area (Å²) in [7, 11) is 0. The van der Waals surface area contributed by atoms with Gasteiger partial charge in [-0.05, 0) is 62.0 Å². The van der Waals surface area contributed by atoms with Crippen LogP contribution in [0.3, 0.4) is 0 Å². The Morgan fingerprint density at radius 2 is 1.66 bits per heavy atom. The van der Waals surface area contributed by atoms with Crippen molar-refractivity contribution in [1.29, 1.82) is 0 Å². The molecular formula is C25H33Cl2N2. The highest BCUT2D eigenvalue weighted by Gasteiger charge is 2.16. The number of rotatable bonds is 12. The Hall–Kier alpha value is -1.35. The highest BCUT2D eigenvalue weighted by Crippen LogP contribution is 2.20. The molecule has 0 fully saturated rings. The summed E-state index contributed by atoms with van der Waals surface area (Å²) in [6, 6.07) is 14.9. The van der Waals surface area contributed by atoms with Gasteiger partial charge in [-0.1, -0.05) is 80.7 Å². The van der Waals surface area contributed by atoms with Crippen LogP contribution in [0.5, 0.6) is 0 Å². The predicted octanol–water partition coefficient (Wildman–Crippen LogP) is 7.26. The minimum atomic E-state index is 0.573. The van der Waals surface area contributed by atoms with Gasteiger partial charge in [-0.25, -0.2) is 0 Å². The highest BCUT2D eigenvalue weighted by atomic mass is 35.5. The summed E-state index contributed by atoms with van der Waals surface area (Å²) in [5, 5.41) is 1.26. The zero-order valence-corrected chi connectivity index (χ0v) is 19.2. The molecule has 0 aliphatic carbocycles. The first-order valence-electron chi connectivity index (χ1n) is 10.6. The Balaban J connectivity index is 1.97. The van der Waals surface area contributed by atoms with Crippen molar-refractivity contribution in [3.8, 4) is 0 Å². The Kier molecular flexibility index (Phi) is 10.8. The lowest BCUT2D eigenvalue weighted by Gasteiger charge is -2.31. The molecule has 0 aliphatic rings. The van der Waals surface area contributed by atoms with E-state index in [1.54, 1.807) is 6.07 Å². The molecule has 0 saturated carbocycles. The third-order valence-electron chi connectivity index (χ3n) is 5.04. The lowest BCUT2D eigenvalue weighted by molar-refractivity contribution is 0.186. The molecule has 1 unspecified atom stereocenters. The molecule has 29 heavy (non-hydrogen) atoms. The van der Waals surface area contributed by atoms with Crippen molar-refractivity contribution in [1.82, 2.24) is 4.90 Å². The smallest absolute Gasteiger partial charge is 0.0639 e. The van der Waals surface area contributed by atoms with E-state index in [4.69, 9.17) is 23.2 Å². The molecule has 2 nitrogen and oxygen atoms in total. The second-order valence-electron chi connectivity index (χ2n) is 7.49. The standard InChI is InChI=1S/C25H33Cl2N2/c1-4-7-24(29(14-5-2)15-6-3)16-20-8-10-21(11-9-20)18-28-19-22-12-13-23(26)17-25(22)27/h8-13,17,19,24H,1,4-7,14-16,18H2,2-3H3. The van der Waals surface area contributed by atoms with Crippen molar-refractivity contribution in [2.75, 3.05) is 13.1 Å². The van der Waals surface area contributed by atoms with E-state index in [2.05, 4.69) is 54.9 Å². The number of hydrogen-bond acceptors (Lipinski definition) is 2. The summed E-state index contributed by atoms with van der Waals surface area (Å²) in [6.07, 6.45) is 7.41. The average Bonchev–Trinajstić information content (AvgIpc) is 2.70. The molecule has 0 N–H and O–H groups in total. The second-order valence-corrected chi connectivity index (χ2v) is 8.33. The van der Waals surface area contributed by atoms with Crippen LogP contribution in [-0.4, -0.2) is 30.2 Å². The summed E-state index contributed by atoms with van der Waals surface area (Å²) in [5.74, 6) is 0. The van der Waals surface area contributed by atoms with Crippen LogP contribution < -0.4 is 0 Å². The fourth-order valence-corrected chi connectivity index (χ4v) is 4.07. The van der Waals surface area contributed by atoms with E-state index in [1.807, 2.05) is 18.3 Å². The van der Waals surface area contributed by atoms with Crippen LogP contribution in [0.1, 0.15) is 56.2 Å². The minimum absolute atomic E-state index is 0.573. The number of halogens is 2. The maximum absolute atomic E-state index is 6.19. The van der Waals surface area contributed by atoms with Crippen LogP contribution in [0.4, 0.5) is 0 Å². The van der Waals surface area contributed by atoms with E-state index < -0.39 is 0 Å². The number of aliphatic imine (C=N–C) groups is 1. The van der Waals surface area contributed by atoms with Crippen molar-refractivity contribution in [2.45, 2.75) is 58.5 Å². The predicted molar refractivity (Wildman–Crippen MR) is 128 cm³/mol. The number of nitrogens with zero attached hydrogens (tertiary/aromatic N) is 2. The van der Waals surface area contributed by atoms with Gasteiger partial charge in [0.2, 0.25) is 0 Å². The van der Waals surface area contributed by atoms with Gasteiger partial charge >= 0.3 is 0 Å². The highest BCUT2D eigenvalue weighted by molar-refractivity contribution is 6.36. The molecular weight excluding hydrogens is 399 g/mol. The third kappa shape index (κ3) is 8.12. The van der Waals surface area contributed by atoms with E-state index in [0.29, 0.717) is 22.6 Å². The topological polar surface area (TPSA) is 15.6 Å². The van der Waals surface area contributed by atoms with Crippen LogP contribution >= 0.6 is 23.2 Å². The van der Waals surface area contributed by atoms with Gasteiger partial charge in [0.05, 0.1) is 11.6 Å². The van der Waals surface area contributed by atoms with Crippen molar-refractivity contribution in [3.05, 3.63) is 76.1 Å². The summed E-state index contributed by atoms with van der Waals surface area (Å²) in [5.41, 5.74) is 3.47. The van der Waals surface area contributed by atoms with Crippen molar-refractivity contribution >= 4 is 29.4 Å². The van der Waals surface area contributed by atoms with Gasteiger partial charge in [-0.3, -0.25) is 4.99 Å². The molecule has 1 radical (unpaired) electrons. The van der Waals surface area contributed by atoms with Gasteiger partial charge < -0.3 is 4.90 Å². The van der Waals surface area contributed by atoms with Crippen molar-refractivity contribution < 1.29 is 0 Å². The van der Waals surface area contributed by atoms with Crippen LogP contribution in [-0.2, 0) is 13.0 Å². The molecule has 2 aromatic rings. The molecule has 0 amide bonds. The Morgan fingerprint density at radius 3 is 2.24 bits per heavy atom.